The van der Waals surface area contributed by atoms with Crippen molar-refractivity contribution < 1.29 is 23.5 Å². The number of hydrogen-bond donors (Lipinski definition) is 2. The molecule has 11 heteroatoms. The summed E-state index contributed by atoms with van der Waals surface area (Å²) in [5.74, 6) is -2.32. The topological polar surface area (TPSA) is 101 Å². The fourth-order valence-corrected chi connectivity index (χ4v) is 5.32. The number of fused-ring (bicyclic) bond motifs is 1. The molecule has 0 atom stereocenters. The molecule has 2 amide bonds. The average Bonchev–Trinajstić information content (AvgIpc) is 3.32. The monoisotopic (exact) mass is 558 g/mol. The van der Waals surface area contributed by atoms with Crippen LogP contribution in [0.5, 0.6) is 0 Å². The van der Waals surface area contributed by atoms with Crippen LogP contribution in [0.25, 0.3) is 0 Å². The van der Waals surface area contributed by atoms with E-state index in [-0.39, 0.29) is 40.6 Å². The first-order valence-corrected chi connectivity index (χ1v) is 13.3. The number of carbonyl (C=O) groups excluding carboxylic acids is 3. The second-order valence-corrected chi connectivity index (χ2v) is 10.7. The van der Waals surface area contributed by atoms with Crippen LogP contribution in [0, 0.1) is 5.82 Å². The molecule has 2 N–H and O–H groups in total. The molecule has 0 spiro atoms. The van der Waals surface area contributed by atoms with Crippen LogP contribution in [-0.4, -0.2) is 47.4 Å². The Morgan fingerprint density at radius 1 is 1.18 bits per heavy atom. The Kier molecular flexibility index (Phi) is 8.76. The third-order valence-electron chi connectivity index (χ3n) is 6.28. The molecule has 2 heterocycles. The molecule has 1 aromatic heterocycles. The fourth-order valence-electron chi connectivity index (χ4n) is 4.16. The zero-order valence-electron chi connectivity index (χ0n) is 21.3. The third kappa shape index (κ3) is 6.56. The third-order valence-corrected chi connectivity index (χ3v) is 7.61. The highest BCUT2D eigenvalue weighted by Crippen LogP contribution is 2.29. The second-order valence-electron chi connectivity index (χ2n) is 9.19. The number of methoxy groups -OCH3 is 1. The zero-order chi connectivity index (χ0) is 27.4. The summed E-state index contributed by atoms with van der Waals surface area (Å²) in [6.07, 6.45) is 0.675. The van der Waals surface area contributed by atoms with Crippen LogP contribution in [0.15, 0.2) is 36.4 Å². The predicted molar refractivity (Wildman–Crippen MR) is 145 cm³/mol. The van der Waals surface area contributed by atoms with Gasteiger partial charge in [-0.1, -0.05) is 11.6 Å². The Morgan fingerprint density at radius 3 is 2.61 bits per heavy atom. The molecule has 3 aromatic rings. The van der Waals surface area contributed by atoms with E-state index in [2.05, 4.69) is 34.4 Å². The first-order valence-electron chi connectivity index (χ1n) is 12.1. The maximum absolute atomic E-state index is 15.2. The van der Waals surface area contributed by atoms with E-state index in [1.165, 1.54) is 24.5 Å². The molecule has 0 radical (unpaired) electrons. The van der Waals surface area contributed by atoms with Gasteiger partial charge in [-0.3, -0.25) is 14.5 Å². The lowest BCUT2D eigenvalue weighted by Gasteiger charge is -2.29. The molecule has 38 heavy (non-hydrogen) atoms. The molecule has 0 saturated heterocycles. The van der Waals surface area contributed by atoms with Crippen molar-refractivity contribution in [1.82, 2.24) is 9.88 Å². The lowest BCUT2D eigenvalue weighted by molar-refractivity contribution is -0.116. The van der Waals surface area contributed by atoms with Crippen LogP contribution in [0.1, 0.15) is 56.6 Å². The van der Waals surface area contributed by atoms with Crippen LogP contribution in [0.2, 0.25) is 5.02 Å². The van der Waals surface area contributed by atoms with Crippen molar-refractivity contribution in [2.45, 2.75) is 45.7 Å². The number of nitrogens with one attached hydrogen (secondary N) is 2. The van der Waals surface area contributed by atoms with Gasteiger partial charge >= 0.3 is 5.97 Å². The van der Waals surface area contributed by atoms with E-state index in [1.54, 1.807) is 24.3 Å². The molecule has 1 aliphatic rings. The number of aromatic nitrogens is 1. The number of halogens is 2. The summed E-state index contributed by atoms with van der Waals surface area (Å²) in [7, 11) is 1.19. The summed E-state index contributed by atoms with van der Waals surface area (Å²) in [6.45, 7) is 5.84. The van der Waals surface area contributed by atoms with Crippen molar-refractivity contribution in [2.24, 2.45) is 0 Å². The second kappa shape index (κ2) is 12.0. The molecule has 2 aromatic carbocycles. The number of anilines is 2. The number of carbonyl (C=O) groups is 3. The van der Waals surface area contributed by atoms with Crippen LogP contribution in [-0.2, 0) is 28.9 Å². The number of nitrogens with zero attached hydrogens (tertiary/aromatic N) is 2. The summed E-state index contributed by atoms with van der Waals surface area (Å²) in [5, 5.41) is 6.24. The maximum Gasteiger partial charge on any atom is 0.338 e. The molecule has 0 unspecified atom stereocenters. The number of esters is 1. The molecule has 1 aliphatic heterocycles. The first kappa shape index (κ1) is 27.7. The molecule has 0 aliphatic carbocycles. The van der Waals surface area contributed by atoms with Gasteiger partial charge in [0, 0.05) is 58.8 Å². The highest BCUT2D eigenvalue weighted by molar-refractivity contribution is 7.13. The summed E-state index contributed by atoms with van der Waals surface area (Å²) < 4.78 is 19.9. The summed E-state index contributed by atoms with van der Waals surface area (Å²) >= 11 is 7.18. The first-order chi connectivity index (χ1) is 18.1. The Bertz CT molecular complexity index is 1360. The molecule has 4 rings (SSSR count). The van der Waals surface area contributed by atoms with Crippen LogP contribution in [0.4, 0.5) is 15.8 Å². The minimum absolute atomic E-state index is 0.0138. The van der Waals surface area contributed by atoms with E-state index in [0.29, 0.717) is 16.8 Å². The quantitative estimate of drug-likeness (QED) is 0.363. The van der Waals surface area contributed by atoms with Gasteiger partial charge in [0.1, 0.15) is 5.82 Å². The Balaban J connectivity index is 1.53. The van der Waals surface area contributed by atoms with E-state index in [1.807, 2.05) is 0 Å². The van der Waals surface area contributed by atoms with Crippen molar-refractivity contribution in [1.29, 1.82) is 0 Å². The Hall–Kier alpha value is -3.34. The summed E-state index contributed by atoms with van der Waals surface area (Å²) in [4.78, 5) is 45.6. The largest absolute Gasteiger partial charge is 0.465 e. The van der Waals surface area contributed by atoms with Crippen LogP contribution < -0.4 is 10.6 Å². The molecule has 200 valence electrons. The van der Waals surface area contributed by atoms with Gasteiger partial charge in [0.05, 0.1) is 18.4 Å². The standard InChI is InChI=1S/C27H28ClFN4O4S/c1-15(2)33-11-10-21-23(14-33)38-26(32-21)25(35)31-22-13-16(27(36)37-3)12-20(29)19(22)8-9-24(34)30-18-6-4-17(28)5-7-18/h4-7,12-13,15H,8-11,14H2,1-3H3,(H,30,34)(H,31,35). The van der Waals surface area contributed by atoms with E-state index in [9.17, 15) is 14.4 Å². The van der Waals surface area contributed by atoms with E-state index in [0.717, 1.165) is 36.1 Å². The number of rotatable bonds is 8. The Labute approximate surface area is 229 Å². The average molecular weight is 559 g/mol. The molecule has 0 saturated carbocycles. The Morgan fingerprint density at radius 2 is 1.92 bits per heavy atom. The van der Waals surface area contributed by atoms with Crippen molar-refractivity contribution in [3.63, 3.8) is 0 Å². The van der Waals surface area contributed by atoms with Crippen molar-refractivity contribution in [3.05, 3.63) is 73.9 Å². The zero-order valence-corrected chi connectivity index (χ0v) is 22.8. The van der Waals surface area contributed by atoms with E-state index in [4.69, 9.17) is 16.3 Å². The van der Waals surface area contributed by atoms with Crippen molar-refractivity contribution in [3.8, 4) is 0 Å². The van der Waals surface area contributed by atoms with E-state index < -0.39 is 17.7 Å². The number of ether oxygens (including phenoxy) is 1. The maximum atomic E-state index is 15.2. The number of amides is 2. The molecule has 0 fully saturated rings. The van der Waals surface area contributed by atoms with Gasteiger partial charge < -0.3 is 15.4 Å². The van der Waals surface area contributed by atoms with Gasteiger partial charge in [0.2, 0.25) is 5.91 Å². The number of hydrogen-bond acceptors (Lipinski definition) is 7. The van der Waals surface area contributed by atoms with Crippen LogP contribution in [0.3, 0.4) is 0 Å². The molecule has 0 bridgehead atoms. The normalized spacial score (nSPS) is 13.2. The summed E-state index contributed by atoms with van der Waals surface area (Å²) in [5.41, 5.74) is 1.58. The smallest absolute Gasteiger partial charge is 0.338 e. The van der Waals surface area contributed by atoms with Gasteiger partial charge in [0.25, 0.3) is 5.91 Å². The summed E-state index contributed by atoms with van der Waals surface area (Å²) in [6, 6.07) is 9.38. The lowest BCUT2D eigenvalue weighted by atomic mass is 10.0. The van der Waals surface area contributed by atoms with Crippen LogP contribution >= 0.6 is 22.9 Å². The lowest BCUT2D eigenvalue weighted by Crippen LogP contribution is -2.35. The highest BCUT2D eigenvalue weighted by atomic mass is 35.5. The van der Waals surface area contributed by atoms with Gasteiger partial charge in [-0.2, -0.15) is 0 Å². The molecule has 8 nitrogen and oxygen atoms in total. The predicted octanol–water partition coefficient (Wildman–Crippen LogP) is 5.31. The van der Waals surface area contributed by atoms with Crippen molar-refractivity contribution in [2.75, 3.05) is 24.3 Å². The minimum atomic E-state index is -0.745. The van der Waals surface area contributed by atoms with Gasteiger partial charge in [-0.05, 0) is 56.7 Å². The van der Waals surface area contributed by atoms with Gasteiger partial charge in [-0.25, -0.2) is 14.2 Å². The minimum Gasteiger partial charge on any atom is -0.465 e. The van der Waals surface area contributed by atoms with Gasteiger partial charge in [0.15, 0.2) is 5.01 Å². The van der Waals surface area contributed by atoms with E-state index >= 15 is 4.39 Å². The fraction of sp³-hybridized carbons (Fsp3) is 0.333. The highest BCUT2D eigenvalue weighted by Gasteiger charge is 2.25. The SMILES string of the molecule is COC(=O)c1cc(F)c(CCC(=O)Nc2ccc(Cl)cc2)c(NC(=O)c2nc3c(s2)CN(C(C)C)CC3)c1. The van der Waals surface area contributed by atoms with Crippen molar-refractivity contribution >= 4 is 52.1 Å². The van der Waals surface area contributed by atoms with Gasteiger partial charge in [-0.15, -0.1) is 11.3 Å². The molecular weight excluding hydrogens is 531 g/mol. The number of thiazole rings is 1. The number of benzene rings is 2. The molecular formula is C27H28ClFN4O4S.